The summed E-state index contributed by atoms with van der Waals surface area (Å²) in [5, 5.41) is 3.56. The average Bonchev–Trinajstić information content (AvgIpc) is 2.58. The summed E-state index contributed by atoms with van der Waals surface area (Å²) in [5.41, 5.74) is 1.40. The van der Waals surface area contributed by atoms with E-state index in [2.05, 4.69) is 38.2 Å². The Hall–Kier alpha value is -1.65. The predicted octanol–water partition coefficient (Wildman–Crippen LogP) is 4.92. The van der Waals surface area contributed by atoms with Crippen LogP contribution in [0.15, 0.2) is 53.4 Å². The summed E-state index contributed by atoms with van der Waals surface area (Å²) in [6.45, 7) is 7.48. The van der Waals surface area contributed by atoms with Gasteiger partial charge in [-0.25, -0.2) is 0 Å². The Morgan fingerprint density at radius 3 is 2.32 bits per heavy atom. The van der Waals surface area contributed by atoms with Gasteiger partial charge in [-0.15, -0.1) is 11.8 Å². The minimum Gasteiger partial charge on any atom is -0.492 e. The van der Waals surface area contributed by atoms with Crippen LogP contribution < -0.4 is 10.1 Å². The molecule has 0 aliphatic carbocycles. The molecule has 134 valence electrons. The molecule has 0 heterocycles. The van der Waals surface area contributed by atoms with E-state index in [4.69, 9.17) is 16.3 Å². The highest BCUT2D eigenvalue weighted by Gasteiger charge is 2.12. The van der Waals surface area contributed by atoms with Crippen LogP contribution in [-0.2, 0) is 10.2 Å². The van der Waals surface area contributed by atoms with Crippen molar-refractivity contribution in [3.05, 3.63) is 59.1 Å². The van der Waals surface area contributed by atoms with Crippen molar-refractivity contribution in [3.8, 4) is 5.75 Å². The van der Waals surface area contributed by atoms with Crippen LogP contribution in [0.25, 0.3) is 0 Å². The minimum absolute atomic E-state index is 0.00775. The second-order valence-corrected chi connectivity index (χ2v) is 8.20. The molecule has 0 saturated carbocycles. The molecule has 0 radical (unpaired) electrons. The summed E-state index contributed by atoms with van der Waals surface area (Å²) in [5.74, 6) is 1.19. The highest BCUT2D eigenvalue weighted by molar-refractivity contribution is 8.00. The molecule has 0 aromatic heterocycles. The normalized spacial score (nSPS) is 11.2. The van der Waals surface area contributed by atoms with Crippen LogP contribution in [-0.4, -0.2) is 24.8 Å². The van der Waals surface area contributed by atoms with Gasteiger partial charge in [0.25, 0.3) is 0 Å². The van der Waals surface area contributed by atoms with E-state index in [1.807, 2.05) is 36.4 Å². The summed E-state index contributed by atoms with van der Waals surface area (Å²) >= 11 is 7.32. The van der Waals surface area contributed by atoms with Gasteiger partial charge in [0.2, 0.25) is 5.91 Å². The molecule has 0 fully saturated rings. The topological polar surface area (TPSA) is 38.3 Å². The van der Waals surface area contributed by atoms with Crippen molar-refractivity contribution in [2.24, 2.45) is 0 Å². The maximum Gasteiger partial charge on any atom is 0.230 e. The first-order valence-electron chi connectivity index (χ1n) is 8.23. The summed E-state index contributed by atoms with van der Waals surface area (Å²) in [6.07, 6.45) is 0. The Balaban J connectivity index is 1.65. The average molecular weight is 378 g/mol. The maximum absolute atomic E-state index is 11.8. The number of thioether (sulfide) groups is 1. The Morgan fingerprint density at radius 2 is 1.72 bits per heavy atom. The van der Waals surface area contributed by atoms with Gasteiger partial charge in [0.1, 0.15) is 12.4 Å². The molecule has 1 N–H and O–H groups in total. The van der Waals surface area contributed by atoms with Crippen molar-refractivity contribution in [2.45, 2.75) is 31.1 Å². The van der Waals surface area contributed by atoms with Crippen molar-refractivity contribution >= 4 is 29.3 Å². The highest BCUT2D eigenvalue weighted by Crippen LogP contribution is 2.24. The third kappa shape index (κ3) is 7.00. The molecule has 0 bridgehead atoms. The number of amides is 1. The van der Waals surface area contributed by atoms with E-state index < -0.39 is 0 Å². The van der Waals surface area contributed by atoms with Gasteiger partial charge in [0.05, 0.1) is 12.3 Å². The third-order valence-electron chi connectivity index (χ3n) is 3.60. The smallest absolute Gasteiger partial charge is 0.230 e. The lowest BCUT2D eigenvalue weighted by Gasteiger charge is -2.19. The number of carbonyl (C=O) groups excluding carboxylic acids is 1. The SMILES string of the molecule is CC(C)(C)c1ccc(OCCNC(=O)CSc2ccc(Cl)cc2)cc1. The third-order valence-corrected chi connectivity index (χ3v) is 4.86. The summed E-state index contributed by atoms with van der Waals surface area (Å²) in [4.78, 5) is 12.9. The van der Waals surface area contributed by atoms with Gasteiger partial charge >= 0.3 is 0 Å². The predicted molar refractivity (Wildman–Crippen MR) is 106 cm³/mol. The first-order chi connectivity index (χ1) is 11.8. The van der Waals surface area contributed by atoms with Gasteiger partial charge in [-0.05, 0) is 47.4 Å². The molecule has 2 aromatic rings. The fourth-order valence-electron chi connectivity index (χ4n) is 2.14. The van der Waals surface area contributed by atoms with E-state index in [9.17, 15) is 4.79 Å². The van der Waals surface area contributed by atoms with E-state index in [1.165, 1.54) is 17.3 Å². The number of carbonyl (C=O) groups is 1. The molecule has 0 aliphatic rings. The van der Waals surface area contributed by atoms with E-state index in [0.29, 0.717) is 23.9 Å². The number of halogens is 1. The fraction of sp³-hybridized carbons (Fsp3) is 0.350. The monoisotopic (exact) mass is 377 g/mol. The lowest BCUT2D eigenvalue weighted by atomic mass is 9.87. The standard InChI is InChI=1S/C20H24ClNO2S/c1-20(2,3)15-4-8-17(9-5-15)24-13-12-22-19(23)14-25-18-10-6-16(21)7-11-18/h4-11H,12-14H2,1-3H3,(H,22,23). The quantitative estimate of drug-likeness (QED) is 0.549. The number of hydrogen-bond acceptors (Lipinski definition) is 3. The van der Waals surface area contributed by atoms with E-state index in [-0.39, 0.29) is 11.3 Å². The van der Waals surface area contributed by atoms with Crippen molar-refractivity contribution in [1.29, 1.82) is 0 Å². The van der Waals surface area contributed by atoms with Crippen molar-refractivity contribution in [2.75, 3.05) is 18.9 Å². The maximum atomic E-state index is 11.8. The van der Waals surface area contributed by atoms with E-state index in [1.54, 1.807) is 0 Å². The largest absolute Gasteiger partial charge is 0.492 e. The Bertz CT molecular complexity index is 678. The van der Waals surface area contributed by atoms with Gasteiger partial charge < -0.3 is 10.1 Å². The van der Waals surface area contributed by atoms with Crippen molar-refractivity contribution < 1.29 is 9.53 Å². The fourth-order valence-corrected chi connectivity index (χ4v) is 3.00. The Morgan fingerprint density at radius 1 is 1.08 bits per heavy atom. The van der Waals surface area contributed by atoms with Gasteiger partial charge in [0, 0.05) is 9.92 Å². The number of ether oxygens (including phenoxy) is 1. The Kier molecular flexibility index (Phi) is 7.21. The van der Waals surface area contributed by atoms with Crippen LogP contribution in [0.2, 0.25) is 5.02 Å². The lowest BCUT2D eigenvalue weighted by molar-refractivity contribution is -0.118. The Labute approximate surface area is 159 Å². The van der Waals surface area contributed by atoms with Crippen LogP contribution in [0.5, 0.6) is 5.75 Å². The van der Waals surface area contributed by atoms with Crippen LogP contribution in [0.1, 0.15) is 26.3 Å². The molecule has 1 amide bonds. The lowest BCUT2D eigenvalue weighted by Crippen LogP contribution is -2.29. The van der Waals surface area contributed by atoms with Crippen LogP contribution >= 0.6 is 23.4 Å². The number of hydrogen-bond donors (Lipinski definition) is 1. The molecule has 0 saturated heterocycles. The first kappa shape index (κ1) is 19.7. The molecule has 25 heavy (non-hydrogen) atoms. The molecule has 5 heteroatoms. The first-order valence-corrected chi connectivity index (χ1v) is 9.59. The zero-order valence-corrected chi connectivity index (χ0v) is 16.4. The minimum atomic E-state index is -0.00775. The zero-order valence-electron chi connectivity index (χ0n) is 14.8. The van der Waals surface area contributed by atoms with E-state index in [0.717, 1.165) is 10.6 Å². The van der Waals surface area contributed by atoms with Gasteiger partial charge in [-0.3, -0.25) is 4.79 Å². The molecule has 0 aliphatic heterocycles. The molecule has 2 rings (SSSR count). The van der Waals surface area contributed by atoms with E-state index >= 15 is 0 Å². The molecule has 2 aromatic carbocycles. The summed E-state index contributed by atoms with van der Waals surface area (Å²) in [7, 11) is 0. The molecule has 3 nitrogen and oxygen atoms in total. The number of benzene rings is 2. The second kappa shape index (κ2) is 9.16. The second-order valence-electron chi connectivity index (χ2n) is 6.72. The molecule has 0 spiro atoms. The zero-order chi connectivity index (χ0) is 18.3. The van der Waals surface area contributed by atoms with Gasteiger partial charge in [-0.1, -0.05) is 44.5 Å². The van der Waals surface area contributed by atoms with Crippen LogP contribution in [0.3, 0.4) is 0 Å². The molecular formula is C20H24ClNO2S. The highest BCUT2D eigenvalue weighted by atomic mass is 35.5. The summed E-state index contributed by atoms with van der Waals surface area (Å²) in [6, 6.07) is 15.6. The van der Waals surface area contributed by atoms with Crippen molar-refractivity contribution in [1.82, 2.24) is 5.32 Å². The molecular weight excluding hydrogens is 354 g/mol. The van der Waals surface area contributed by atoms with Crippen LogP contribution in [0, 0.1) is 0 Å². The van der Waals surface area contributed by atoms with Gasteiger partial charge in [0.15, 0.2) is 0 Å². The number of nitrogens with one attached hydrogen (secondary N) is 1. The molecule has 0 unspecified atom stereocenters. The van der Waals surface area contributed by atoms with Gasteiger partial charge in [-0.2, -0.15) is 0 Å². The molecule has 0 atom stereocenters. The van der Waals surface area contributed by atoms with Crippen LogP contribution in [0.4, 0.5) is 0 Å². The number of rotatable bonds is 7. The van der Waals surface area contributed by atoms with Crippen molar-refractivity contribution in [3.63, 3.8) is 0 Å². The summed E-state index contributed by atoms with van der Waals surface area (Å²) < 4.78 is 5.66.